The summed E-state index contributed by atoms with van der Waals surface area (Å²) in [4.78, 5) is 28.8. The maximum Gasteiger partial charge on any atom is 0.417 e. The third-order valence-corrected chi connectivity index (χ3v) is 6.18. The molecule has 2 aromatic carbocycles. The Morgan fingerprint density at radius 2 is 1.82 bits per heavy atom. The van der Waals surface area contributed by atoms with Crippen molar-refractivity contribution in [2.24, 2.45) is 0 Å². The minimum Gasteiger partial charge on any atom is -0.408 e. The molecule has 0 spiro atoms. The van der Waals surface area contributed by atoms with E-state index in [1.165, 1.54) is 18.2 Å². The number of hydrogen-bond acceptors (Lipinski definition) is 5. The fraction of sp³-hybridized carbons (Fsp3) is 0.158. The molecule has 0 radical (unpaired) electrons. The van der Waals surface area contributed by atoms with Gasteiger partial charge in [-0.2, -0.15) is 0 Å². The van der Waals surface area contributed by atoms with Gasteiger partial charge in [-0.1, -0.05) is 12.1 Å². The van der Waals surface area contributed by atoms with Crippen molar-refractivity contribution in [2.45, 2.75) is 25.3 Å². The monoisotopic (exact) mass is 399 g/mol. The van der Waals surface area contributed by atoms with Crippen LogP contribution in [0, 0.1) is 13.8 Å². The Bertz CT molecular complexity index is 1440. The van der Waals surface area contributed by atoms with Crippen molar-refractivity contribution in [1.82, 2.24) is 14.7 Å². The first kappa shape index (κ1) is 18.2. The van der Waals surface area contributed by atoms with Gasteiger partial charge in [0.25, 0.3) is 5.56 Å². The van der Waals surface area contributed by atoms with E-state index in [1.54, 1.807) is 6.07 Å². The van der Waals surface area contributed by atoms with Gasteiger partial charge in [0.2, 0.25) is 10.0 Å². The Kier molecular flexibility index (Phi) is 4.20. The van der Waals surface area contributed by atoms with Crippen LogP contribution in [0.3, 0.4) is 0 Å². The van der Waals surface area contributed by atoms with Crippen LogP contribution in [-0.2, 0) is 16.6 Å². The second-order valence-electron chi connectivity index (χ2n) is 6.59. The minimum atomic E-state index is -3.90. The molecule has 0 saturated heterocycles. The average molecular weight is 399 g/mol. The van der Waals surface area contributed by atoms with Crippen LogP contribution in [-0.4, -0.2) is 18.4 Å². The zero-order valence-corrected chi connectivity index (χ0v) is 15.9. The predicted octanol–water partition coefficient (Wildman–Crippen LogP) is 2.06. The lowest BCUT2D eigenvalue weighted by atomic mass is 10.0. The molecule has 144 valence electrons. The Balaban J connectivity index is 1.65. The topological polar surface area (TPSA) is 125 Å². The van der Waals surface area contributed by atoms with Crippen LogP contribution in [0.2, 0.25) is 0 Å². The number of H-pyrrole nitrogens is 2. The molecule has 0 fully saturated rings. The van der Waals surface area contributed by atoms with Crippen LogP contribution in [0.1, 0.15) is 16.7 Å². The number of pyridine rings is 1. The van der Waals surface area contributed by atoms with Crippen LogP contribution >= 0.6 is 0 Å². The molecule has 2 aromatic heterocycles. The Morgan fingerprint density at radius 1 is 1.04 bits per heavy atom. The zero-order valence-electron chi connectivity index (χ0n) is 15.1. The summed E-state index contributed by atoms with van der Waals surface area (Å²) < 4.78 is 32.5. The van der Waals surface area contributed by atoms with E-state index in [4.69, 9.17) is 4.42 Å². The van der Waals surface area contributed by atoms with Crippen molar-refractivity contribution in [3.8, 4) is 0 Å². The third kappa shape index (κ3) is 3.14. The number of nitrogens with one attached hydrogen (secondary N) is 3. The van der Waals surface area contributed by atoms with Gasteiger partial charge in [-0.15, -0.1) is 0 Å². The molecule has 0 aliphatic rings. The van der Waals surface area contributed by atoms with Crippen LogP contribution in [0.15, 0.2) is 55.3 Å². The molecular formula is C19H17N3O5S. The van der Waals surface area contributed by atoms with Gasteiger partial charge in [-0.3, -0.25) is 9.78 Å². The summed E-state index contributed by atoms with van der Waals surface area (Å²) in [5.41, 5.74) is 3.27. The molecule has 4 aromatic rings. The smallest absolute Gasteiger partial charge is 0.408 e. The summed E-state index contributed by atoms with van der Waals surface area (Å²) in [6, 6.07) is 9.57. The van der Waals surface area contributed by atoms with Crippen molar-refractivity contribution >= 4 is 32.0 Å². The third-order valence-electron chi connectivity index (χ3n) is 4.78. The Morgan fingerprint density at radius 3 is 2.61 bits per heavy atom. The van der Waals surface area contributed by atoms with Gasteiger partial charge in [0, 0.05) is 18.2 Å². The van der Waals surface area contributed by atoms with Crippen molar-refractivity contribution in [1.29, 1.82) is 0 Å². The molecule has 9 heteroatoms. The molecule has 0 aliphatic heterocycles. The van der Waals surface area contributed by atoms with E-state index in [2.05, 4.69) is 14.7 Å². The molecule has 0 bridgehead atoms. The molecule has 4 rings (SSSR count). The number of sulfonamides is 1. The first-order chi connectivity index (χ1) is 13.2. The fourth-order valence-electron chi connectivity index (χ4n) is 3.05. The molecule has 8 nitrogen and oxygen atoms in total. The standard InChI is InChI=1S/C19H17N3O5S/c1-10-3-4-12-7-13(18(23)22-17(12)11(10)2)9-20-28(25,26)14-5-6-15-16(8-14)27-19(24)21-15/h3-8,20H,9H2,1-2H3,(H,21,24)(H,22,23). The number of hydrogen-bond donors (Lipinski definition) is 3. The lowest BCUT2D eigenvalue weighted by molar-refractivity contribution is 0.553. The largest absolute Gasteiger partial charge is 0.417 e. The van der Waals surface area contributed by atoms with E-state index in [0.29, 0.717) is 11.1 Å². The van der Waals surface area contributed by atoms with Crippen LogP contribution < -0.4 is 16.0 Å². The summed E-state index contributed by atoms with van der Waals surface area (Å²) in [6.45, 7) is 3.71. The van der Waals surface area contributed by atoms with Crippen molar-refractivity contribution in [3.63, 3.8) is 0 Å². The van der Waals surface area contributed by atoms with Crippen molar-refractivity contribution in [3.05, 3.63) is 74.0 Å². The van der Waals surface area contributed by atoms with E-state index in [-0.39, 0.29) is 22.6 Å². The maximum atomic E-state index is 12.6. The molecule has 2 heterocycles. The Hall–Kier alpha value is -3.17. The van der Waals surface area contributed by atoms with Gasteiger partial charge in [-0.25, -0.2) is 17.9 Å². The average Bonchev–Trinajstić information content (AvgIpc) is 3.03. The van der Waals surface area contributed by atoms with E-state index in [0.717, 1.165) is 22.0 Å². The molecule has 0 unspecified atom stereocenters. The highest BCUT2D eigenvalue weighted by atomic mass is 32.2. The van der Waals surface area contributed by atoms with Crippen molar-refractivity contribution in [2.75, 3.05) is 0 Å². The second kappa shape index (κ2) is 6.47. The Labute approximate surface area is 159 Å². The molecule has 0 saturated carbocycles. The summed E-state index contributed by atoms with van der Waals surface area (Å²) in [5, 5.41) is 0.826. The normalized spacial score (nSPS) is 12.1. The molecule has 0 amide bonds. The van der Waals surface area contributed by atoms with Gasteiger partial charge in [0.1, 0.15) is 0 Å². The molecular weight excluding hydrogens is 382 g/mol. The minimum absolute atomic E-state index is 0.0635. The summed E-state index contributed by atoms with van der Waals surface area (Å²) in [7, 11) is -3.90. The number of benzene rings is 2. The number of aromatic nitrogens is 2. The number of aromatic amines is 2. The lowest BCUT2D eigenvalue weighted by Crippen LogP contribution is -2.27. The highest BCUT2D eigenvalue weighted by Gasteiger charge is 2.17. The van der Waals surface area contributed by atoms with Crippen molar-refractivity contribution < 1.29 is 12.8 Å². The fourth-order valence-corrected chi connectivity index (χ4v) is 4.07. The SMILES string of the molecule is Cc1ccc2cc(CNS(=O)(=O)c3ccc4[nH]c(=O)oc4c3)c(=O)[nH]c2c1C. The predicted molar refractivity (Wildman–Crippen MR) is 105 cm³/mol. The highest BCUT2D eigenvalue weighted by molar-refractivity contribution is 7.89. The van der Waals surface area contributed by atoms with Gasteiger partial charge in [0.05, 0.1) is 15.9 Å². The molecule has 28 heavy (non-hydrogen) atoms. The number of rotatable bonds is 4. The van der Waals surface area contributed by atoms with Gasteiger partial charge < -0.3 is 9.40 Å². The van der Waals surface area contributed by atoms with Gasteiger partial charge in [0.15, 0.2) is 5.58 Å². The van der Waals surface area contributed by atoms with E-state index in [9.17, 15) is 18.0 Å². The summed E-state index contributed by atoms with van der Waals surface area (Å²) >= 11 is 0. The first-order valence-electron chi connectivity index (χ1n) is 8.49. The van der Waals surface area contributed by atoms with E-state index >= 15 is 0 Å². The van der Waals surface area contributed by atoms with E-state index < -0.39 is 15.8 Å². The zero-order chi connectivity index (χ0) is 20.1. The van der Waals surface area contributed by atoms with Gasteiger partial charge in [-0.05, 0) is 48.6 Å². The number of aryl methyl sites for hydroxylation is 2. The van der Waals surface area contributed by atoms with E-state index in [1.807, 2.05) is 26.0 Å². The molecule has 3 N–H and O–H groups in total. The summed E-state index contributed by atoms with van der Waals surface area (Å²) in [6.07, 6.45) is 0. The quantitative estimate of drug-likeness (QED) is 0.484. The van der Waals surface area contributed by atoms with Crippen LogP contribution in [0.25, 0.3) is 22.0 Å². The molecule has 0 atom stereocenters. The number of oxazole rings is 1. The lowest BCUT2D eigenvalue weighted by Gasteiger charge is -2.09. The van der Waals surface area contributed by atoms with Crippen LogP contribution in [0.5, 0.6) is 0 Å². The summed E-state index contributed by atoms with van der Waals surface area (Å²) in [5.74, 6) is -0.661. The van der Waals surface area contributed by atoms with Gasteiger partial charge >= 0.3 is 5.76 Å². The number of fused-ring (bicyclic) bond motifs is 2. The maximum absolute atomic E-state index is 12.6. The first-order valence-corrected chi connectivity index (χ1v) is 9.97. The molecule has 0 aliphatic carbocycles. The second-order valence-corrected chi connectivity index (χ2v) is 8.36. The highest BCUT2D eigenvalue weighted by Crippen LogP contribution is 2.20. The van der Waals surface area contributed by atoms with Crippen LogP contribution in [0.4, 0.5) is 0 Å².